The van der Waals surface area contributed by atoms with Crippen LogP contribution in [-0.2, 0) is 11.2 Å². The summed E-state index contributed by atoms with van der Waals surface area (Å²) in [6.45, 7) is 3.47. The quantitative estimate of drug-likeness (QED) is 0.841. The van der Waals surface area contributed by atoms with E-state index in [2.05, 4.69) is 27.0 Å². The minimum atomic E-state index is 0.196. The van der Waals surface area contributed by atoms with E-state index in [1.165, 1.54) is 12.0 Å². The van der Waals surface area contributed by atoms with Crippen LogP contribution >= 0.6 is 15.9 Å². The summed E-state index contributed by atoms with van der Waals surface area (Å²) in [6, 6.07) is 2.11. The van der Waals surface area contributed by atoms with Gasteiger partial charge in [0, 0.05) is 36.9 Å². The van der Waals surface area contributed by atoms with E-state index >= 15 is 0 Å². The summed E-state index contributed by atoms with van der Waals surface area (Å²) in [5.74, 6) is 0.769. The summed E-state index contributed by atoms with van der Waals surface area (Å²) in [5.41, 5.74) is 1.25. The van der Waals surface area contributed by atoms with Crippen molar-refractivity contribution in [1.29, 1.82) is 0 Å². The van der Waals surface area contributed by atoms with Gasteiger partial charge < -0.3 is 4.90 Å². The lowest BCUT2D eigenvalue weighted by Crippen LogP contribution is -2.39. The van der Waals surface area contributed by atoms with Crippen molar-refractivity contribution < 1.29 is 4.79 Å². The van der Waals surface area contributed by atoms with E-state index in [1.54, 1.807) is 13.1 Å². The SMILES string of the molecule is CC(=O)N1CCC[C@H](Cc2cncc(Br)c2)C1. The predicted molar refractivity (Wildman–Crippen MR) is 70.6 cm³/mol. The van der Waals surface area contributed by atoms with Gasteiger partial charge in [-0.3, -0.25) is 9.78 Å². The fourth-order valence-corrected chi connectivity index (χ4v) is 2.83. The Morgan fingerprint density at radius 3 is 3.12 bits per heavy atom. The maximum atomic E-state index is 11.4. The van der Waals surface area contributed by atoms with E-state index in [0.29, 0.717) is 5.92 Å². The molecule has 4 heteroatoms. The normalized spacial score (nSPS) is 20.4. The van der Waals surface area contributed by atoms with Crippen LogP contribution in [0.1, 0.15) is 25.3 Å². The zero-order valence-corrected chi connectivity index (χ0v) is 11.6. The van der Waals surface area contributed by atoms with E-state index in [1.807, 2.05) is 11.1 Å². The highest BCUT2D eigenvalue weighted by Crippen LogP contribution is 2.21. The number of carbonyl (C=O) groups excluding carboxylic acids is 1. The van der Waals surface area contributed by atoms with Gasteiger partial charge in [-0.05, 0) is 52.7 Å². The van der Waals surface area contributed by atoms with Crippen molar-refractivity contribution >= 4 is 21.8 Å². The van der Waals surface area contributed by atoms with Gasteiger partial charge in [-0.15, -0.1) is 0 Å². The van der Waals surface area contributed by atoms with Crippen molar-refractivity contribution in [2.45, 2.75) is 26.2 Å². The fraction of sp³-hybridized carbons (Fsp3) is 0.538. The molecule has 1 saturated heterocycles. The Morgan fingerprint density at radius 1 is 1.59 bits per heavy atom. The number of hydrogen-bond acceptors (Lipinski definition) is 2. The van der Waals surface area contributed by atoms with Gasteiger partial charge in [0.2, 0.25) is 5.91 Å². The Morgan fingerprint density at radius 2 is 2.41 bits per heavy atom. The zero-order valence-electron chi connectivity index (χ0n) is 10.0. The first-order valence-corrected chi connectivity index (χ1v) is 6.79. The summed E-state index contributed by atoms with van der Waals surface area (Å²) in [4.78, 5) is 17.5. The molecule has 0 radical (unpaired) electrons. The third kappa shape index (κ3) is 3.53. The molecule has 1 aromatic heterocycles. The van der Waals surface area contributed by atoms with Crippen LogP contribution in [0.3, 0.4) is 0 Å². The molecule has 0 bridgehead atoms. The average Bonchev–Trinajstić information content (AvgIpc) is 2.29. The molecule has 0 N–H and O–H groups in total. The van der Waals surface area contributed by atoms with E-state index in [0.717, 1.165) is 30.4 Å². The molecule has 0 unspecified atom stereocenters. The Kier molecular flexibility index (Phi) is 4.15. The molecule has 1 atom stereocenters. The standard InChI is InChI=1S/C13H17BrN2O/c1-10(17)16-4-2-3-11(9-16)5-12-6-13(14)8-15-7-12/h6-8,11H,2-5,9H2,1H3/t11-/m1/s1. The van der Waals surface area contributed by atoms with Crippen LogP contribution in [0, 0.1) is 5.92 Å². The predicted octanol–water partition coefficient (Wildman–Crippen LogP) is 2.65. The molecular formula is C13H17BrN2O. The highest BCUT2D eigenvalue weighted by molar-refractivity contribution is 9.10. The largest absolute Gasteiger partial charge is 0.343 e. The van der Waals surface area contributed by atoms with Crippen LogP contribution in [0.2, 0.25) is 0 Å². The second-order valence-corrected chi connectivity index (χ2v) is 5.60. The lowest BCUT2D eigenvalue weighted by molar-refractivity contribution is -0.130. The Balaban J connectivity index is 1.97. The molecule has 92 valence electrons. The summed E-state index contributed by atoms with van der Waals surface area (Å²) in [7, 11) is 0. The molecule has 1 aliphatic rings. The Hall–Kier alpha value is -0.900. The summed E-state index contributed by atoms with van der Waals surface area (Å²) >= 11 is 3.44. The monoisotopic (exact) mass is 296 g/mol. The van der Waals surface area contributed by atoms with E-state index in [4.69, 9.17) is 0 Å². The zero-order chi connectivity index (χ0) is 12.3. The van der Waals surface area contributed by atoms with Crippen LogP contribution in [0.15, 0.2) is 22.9 Å². The molecule has 0 saturated carbocycles. The third-order valence-electron chi connectivity index (χ3n) is 3.25. The first-order chi connectivity index (χ1) is 8.15. The highest BCUT2D eigenvalue weighted by atomic mass is 79.9. The molecule has 1 aromatic rings. The number of pyridine rings is 1. The number of hydrogen-bond donors (Lipinski definition) is 0. The van der Waals surface area contributed by atoms with E-state index in [9.17, 15) is 4.79 Å². The van der Waals surface area contributed by atoms with Crippen LogP contribution in [-0.4, -0.2) is 28.9 Å². The number of nitrogens with zero attached hydrogens (tertiary/aromatic N) is 2. The fourth-order valence-electron chi connectivity index (χ4n) is 2.42. The molecule has 1 aliphatic heterocycles. The van der Waals surface area contributed by atoms with Gasteiger partial charge in [-0.25, -0.2) is 0 Å². The lowest BCUT2D eigenvalue weighted by Gasteiger charge is -2.32. The van der Waals surface area contributed by atoms with E-state index < -0.39 is 0 Å². The van der Waals surface area contributed by atoms with Crippen LogP contribution in [0.25, 0.3) is 0 Å². The number of halogens is 1. The minimum Gasteiger partial charge on any atom is -0.343 e. The van der Waals surface area contributed by atoms with Gasteiger partial charge in [0.25, 0.3) is 0 Å². The maximum Gasteiger partial charge on any atom is 0.219 e. The van der Waals surface area contributed by atoms with Gasteiger partial charge in [-0.1, -0.05) is 0 Å². The van der Waals surface area contributed by atoms with Crippen LogP contribution in [0.4, 0.5) is 0 Å². The molecule has 1 amide bonds. The van der Waals surface area contributed by atoms with E-state index in [-0.39, 0.29) is 5.91 Å². The molecule has 2 rings (SSSR count). The number of likely N-dealkylation sites (tertiary alicyclic amines) is 1. The molecular weight excluding hydrogens is 280 g/mol. The lowest BCUT2D eigenvalue weighted by atomic mass is 9.92. The topological polar surface area (TPSA) is 33.2 Å². The first kappa shape index (κ1) is 12.6. The van der Waals surface area contributed by atoms with Crippen molar-refractivity contribution in [3.05, 3.63) is 28.5 Å². The molecule has 0 aromatic carbocycles. The number of rotatable bonds is 2. The van der Waals surface area contributed by atoms with Crippen LogP contribution < -0.4 is 0 Å². The minimum absolute atomic E-state index is 0.196. The van der Waals surface area contributed by atoms with Gasteiger partial charge in [-0.2, -0.15) is 0 Å². The summed E-state index contributed by atoms with van der Waals surface area (Å²) in [6.07, 6.45) is 7.04. The molecule has 0 aliphatic carbocycles. The smallest absolute Gasteiger partial charge is 0.219 e. The maximum absolute atomic E-state index is 11.4. The molecule has 2 heterocycles. The number of piperidine rings is 1. The van der Waals surface area contributed by atoms with Gasteiger partial charge in [0.15, 0.2) is 0 Å². The highest BCUT2D eigenvalue weighted by Gasteiger charge is 2.21. The third-order valence-corrected chi connectivity index (χ3v) is 3.68. The molecule has 3 nitrogen and oxygen atoms in total. The van der Waals surface area contributed by atoms with Crippen molar-refractivity contribution in [3.8, 4) is 0 Å². The van der Waals surface area contributed by atoms with Crippen LogP contribution in [0.5, 0.6) is 0 Å². The second kappa shape index (κ2) is 5.63. The van der Waals surface area contributed by atoms with Crippen molar-refractivity contribution in [1.82, 2.24) is 9.88 Å². The van der Waals surface area contributed by atoms with Gasteiger partial charge >= 0.3 is 0 Å². The summed E-state index contributed by atoms with van der Waals surface area (Å²) < 4.78 is 1.02. The molecule has 1 fully saturated rings. The summed E-state index contributed by atoms with van der Waals surface area (Å²) in [5, 5.41) is 0. The number of aromatic nitrogens is 1. The van der Waals surface area contributed by atoms with Crippen molar-refractivity contribution in [2.24, 2.45) is 5.92 Å². The number of carbonyl (C=O) groups is 1. The second-order valence-electron chi connectivity index (χ2n) is 4.69. The molecule has 17 heavy (non-hydrogen) atoms. The first-order valence-electron chi connectivity index (χ1n) is 6.00. The van der Waals surface area contributed by atoms with Gasteiger partial charge in [0.05, 0.1) is 0 Å². The van der Waals surface area contributed by atoms with Crippen molar-refractivity contribution in [2.75, 3.05) is 13.1 Å². The Bertz CT molecular complexity index is 408. The average molecular weight is 297 g/mol. The van der Waals surface area contributed by atoms with Gasteiger partial charge in [0.1, 0.15) is 0 Å². The van der Waals surface area contributed by atoms with Crippen molar-refractivity contribution in [3.63, 3.8) is 0 Å². The number of amides is 1. The Labute approximate surface area is 110 Å². The molecule has 0 spiro atoms.